The molecule has 1 aliphatic rings. The van der Waals surface area contributed by atoms with Crippen LogP contribution in [0.3, 0.4) is 0 Å². The van der Waals surface area contributed by atoms with E-state index in [4.69, 9.17) is 16.3 Å². The van der Waals surface area contributed by atoms with Gasteiger partial charge in [0.1, 0.15) is 5.75 Å². The SMILES string of the molecule is Cc1ccc(Cl)c(OCC(=O)N[C@@H]2CCCC[C@@H]2C)c1. The van der Waals surface area contributed by atoms with Crippen LogP contribution in [0.25, 0.3) is 0 Å². The van der Waals surface area contributed by atoms with Crippen molar-refractivity contribution in [2.75, 3.05) is 6.61 Å². The summed E-state index contributed by atoms with van der Waals surface area (Å²) in [5.74, 6) is 1.05. The molecule has 0 unspecified atom stereocenters. The average molecular weight is 296 g/mol. The highest BCUT2D eigenvalue weighted by atomic mass is 35.5. The fourth-order valence-corrected chi connectivity index (χ4v) is 2.82. The molecule has 0 saturated heterocycles. The number of hydrogen-bond acceptors (Lipinski definition) is 2. The van der Waals surface area contributed by atoms with E-state index in [2.05, 4.69) is 12.2 Å². The summed E-state index contributed by atoms with van der Waals surface area (Å²) in [5.41, 5.74) is 1.06. The Labute approximate surface area is 125 Å². The molecule has 0 heterocycles. The van der Waals surface area contributed by atoms with Gasteiger partial charge in [0, 0.05) is 6.04 Å². The molecule has 2 atom stereocenters. The van der Waals surface area contributed by atoms with Gasteiger partial charge in [0.15, 0.2) is 6.61 Å². The van der Waals surface area contributed by atoms with Crippen LogP contribution in [0, 0.1) is 12.8 Å². The minimum absolute atomic E-state index is 0.0202. The summed E-state index contributed by atoms with van der Waals surface area (Å²) in [6.45, 7) is 4.18. The number of carbonyl (C=O) groups excluding carboxylic acids is 1. The Morgan fingerprint density at radius 2 is 2.15 bits per heavy atom. The maximum atomic E-state index is 11.9. The fourth-order valence-electron chi connectivity index (χ4n) is 2.64. The molecule has 1 saturated carbocycles. The average Bonchev–Trinajstić information content (AvgIpc) is 2.42. The van der Waals surface area contributed by atoms with Gasteiger partial charge in [0.25, 0.3) is 5.91 Å². The highest BCUT2D eigenvalue weighted by Crippen LogP contribution is 2.26. The normalized spacial score (nSPS) is 22.4. The minimum Gasteiger partial charge on any atom is -0.482 e. The molecule has 20 heavy (non-hydrogen) atoms. The van der Waals surface area contributed by atoms with Crippen LogP contribution >= 0.6 is 11.6 Å². The lowest BCUT2D eigenvalue weighted by Gasteiger charge is -2.29. The molecule has 0 aliphatic heterocycles. The number of benzene rings is 1. The van der Waals surface area contributed by atoms with Crippen molar-refractivity contribution in [3.05, 3.63) is 28.8 Å². The van der Waals surface area contributed by atoms with Gasteiger partial charge in [-0.2, -0.15) is 0 Å². The van der Waals surface area contributed by atoms with Gasteiger partial charge in [-0.3, -0.25) is 4.79 Å². The molecule has 0 radical (unpaired) electrons. The molecule has 4 heteroatoms. The van der Waals surface area contributed by atoms with Crippen molar-refractivity contribution < 1.29 is 9.53 Å². The lowest BCUT2D eigenvalue weighted by Crippen LogP contribution is -2.43. The lowest BCUT2D eigenvalue weighted by molar-refractivity contribution is -0.124. The summed E-state index contributed by atoms with van der Waals surface area (Å²) >= 11 is 6.04. The number of amides is 1. The molecular weight excluding hydrogens is 274 g/mol. The minimum atomic E-state index is -0.0682. The predicted octanol–water partition coefficient (Wildman–Crippen LogP) is 3.72. The maximum absolute atomic E-state index is 11.9. The van der Waals surface area contributed by atoms with Crippen molar-refractivity contribution in [1.29, 1.82) is 0 Å². The largest absolute Gasteiger partial charge is 0.482 e. The topological polar surface area (TPSA) is 38.3 Å². The van der Waals surface area contributed by atoms with E-state index in [-0.39, 0.29) is 18.6 Å². The lowest BCUT2D eigenvalue weighted by atomic mass is 9.86. The molecule has 0 aromatic heterocycles. The number of nitrogens with one attached hydrogen (secondary N) is 1. The highest BCUT2D eigenvalue weighted by molar-refractivity contribution is 6.32. The second kappa shape index (κ2) is 6.98. The first-order valence-corrected chi connectivity index (χ1v) is 7.62. The quantitative estimate of drug-likeness (QED) is 0.919. The number of ether oxygens (including phenoxy) is 1. The van der Waals surface area contributed by atoms with Gasteiger partial charge < -0.3 is 10.1 Å². The van der Waals surface area contributed by atoms with E-state index < -0.39 is 0 Å². The van der Waals surface area contributed by atoms with Crippen molar-refractivity contribution in [3.8, 4) is 5.75 Å². The third-order valence-electron chi connectivity index (χ3n) is 3.90. The van der Waals surface area contributed by atoms with Gasteiger partial charge in [-0.15, -0.1) is 0 Å². The molecule has 0 bridgehead atoms. The maximum Gasteiger partial charge on any atom is 0.258 e. The Morgan fingerprint density at radius 1 is 1.40 bits per heavy atom. The molecule has 110 valence electrons. The zero-order chi connectivity index (χ0) is 14.5. The summed E-state index contributed by atoms with van der Waals surface area (Å²) in [5, 5.41) is 3.60. The predicted molar refractivity (Wildman–Crippen MR) is 81.2 cm³/mol. The van der Waals surface area contributed by atoms with E-state index in [0.717, 1.165) is 12.0 Å². The first-order chi connectivity index (χ1) is 9.56. The Hall–Kier alpha value is -1.22. The summed E-state index contributed by atoms with van der Waals surface area (Å²) in [4.78, 5) is 11.9. The standard InChI is InChI=1S/C16H22ClNO2/c1-11-7-8-13(17)15(9-11)20-10-16(19)18-14-6-4-3-5-12(14)2/h7-9,12,14H,3-6,10H2,1-2H3,(H,18,19)/t12-,14+/m0/s1. The van der Waals surface area contributed by atoms with Crippen molar-refractivity contribution in [1.82, 2.24) is 5.32 Å². The molecule has 2 rings (SSSR count). The van der Waals surface area contributed by atoms with Crippen LogP contribution < -0.4 is 10.1 Å². The van der Waals surface area contributed by atoms with E-state index in [0.29, 0.717) is 16.7 Å². The number of halogens is 1. The Kier molecular flexibility index (Phi) is 5.30. The zero-order valence-corrected chi connectivity index (χ0v) is 12.9. The monoisotopic (exact) mass is 295 g/mol. The third-order valence-corrected chi connectivity index (χ3v) is 4.22. The summed E-state index contributed by atoms with van der Waals surface area (Å²) < 4.78 is 5.51. The molecule has 3 nitrogen and oxygen atoms in total. The van der Waals surface area contributed by atoms with Gasteiger partial charge in [-0.25, -0.2) is 0 Å². The van der Waals surface area contributed by atoms with Gasteiger partial charge in [0.05, 0.1) is 5.02 Å². The summed E-state index contributed by atoms with van der Waals surface area (Å²) in [6, 6.07) is 5.83. The van der Waals surface area contributed by atoms with Crippen LogP contribution in [0.5, 0.6) is 5.75 Å². The number of carbonyl (C=O) groups is 1. The molecule has 1 aromatic carbocycles. The van der Waals surface area contributed by atoms with Gasteiger partial charge >= 0.3 is 0 Å². The van der Waals surface area contributed by atoms with Crippen LogP contribution in [-0.4, -0.2) is 18.6 Å². The van der Waals surface area contributed by atoms with E-state index in [9.17, 15) is 4.79 Å². The smallest absolute Gasteiger partial charge is 0.258 e. The van der Waals surface area contributed by atoms with Crippen LogP contribution in [0.15, 0.2) is 18.2 Å². The Bertz CT molecular complexity index is 476. The second-order valence-corrected chi connectivity index (χ2v) is 6.07. The zero-order valence-electron chi connectivity index (χ0n) is 12.1. The summed E-state index contributed by atoms with van der Waals surface area (Å²) in [7, 11) is 0. The highest BCUT2D eigenvalue weighted by Gasteiger charge is 2.22. The Morgan fingerprint density at radius 3 is 2.90 bits per heavy atom. The number of aryl methyl sites for hydroxylation is 1. The van der Waals surface area contributed by atoms with E-state index in [1.54, 1.807) is 6.07 Å². The van der Waals surface area contributed by atoms with Crippen molar-refractivity contribution >= 4 is 17.5 Å². The van der Waals surface area contributed by atoms with Crippen LogP contribution in [-0.2, 0) is 4.79 Å². The molecule has 1 fully saturated rings. The Balaban J connectivity index is 1.84. The van der Waals surface area contributed by atoms with Crippen molar-refractivity contribution in [3.63, 3.8) is 0 Å². The van der Waals surface area contributed by atoms with Gasteiger partial charge in [-0.1, -0.05) is 37.4 Å². The van der Waals surface area contributed by atoms with E-state index in [1.807, 2.05) is 19.1 Å². The van der Waals surface area contributed by atoms with Crippen LogP contribution in [0.4, 0.5) is 0 Å². The molecule has 0 spiro atoms. The van der Waals surface area contributed by atoms with Gasteiger partial charge in [0.2, 0.25) is 0 Å². The van der Waals surface area contributed by atoms with Crippen LogP contribution in [0.2, 0.25) is 5.02 Å². The molecule has 1 aromatic rings. The molecule has 1 aliphatic carbocycles. The molecule has 1 amide bonds. The van der Waals surface area contributed by atoms with E-state index in [1.165, 1.54) is 19.3 Å². The summed E-state index contributed by atoms with van der Waals surface area (Å²) in [6.07, 6.45) is 4.72. The molecule has 1 N–H and O–H groups in total. The van der Waals surface area contributed by atoms with Crippen molar-refractivity contribution in [2.24, 2.45) is 5.92 Å². The number of rotatable bonds is 4. The van der Waals surface area contributed by atoms with E-state index >= 15 is 0 Å². The van der Waals surface area contributed by atoms with Crippen molar-refractivity contribution in [2.45, 2.75) is 45.6 Å². The second-order valence-electron chi connectivity index (χ2n) is 5.66. The fraction of sp³-hybridized carbons (Fsp3) is 0.562. The van der Waals surface area contributed by atoms with Gasteiger partial charge in [-0.05, 0) is 43.4 Å². The third kappa shape index (κ3) is 4.14. The first kappa shape index (κ1) is 15.2. The van der Waals surface area contributed by atoms with Crippen LogP contribution in [0.1, 0.15) is 38.2 Å². The number of hydrogen-bond donors (Lipinski definition) is 1. The molecular formula is C16H22ClNO2. The first-order valence-electron chi connectivity index (χ1n) is 7.24.